The highest BCUT2D eigenvalue weighted by Gasteiger charge is 2.15. The Hall–Kier alpha value is -4.14. The zero-order chi connectivity index (χ0) is 24.2. The minimum atomic E-state index is -0.913. The van der Waals surface area contributed by atoms with Gasteiger partial charge in [-0.2, -0.15) is 0 Å². The molecule has 0 aliphatic rings. The van der Waals surface area contributed by atoms with Crippen molar-refractivity contribution in [1.82, 2.24) is 25.3 Å². The summed E-state index contributed by atoms with van der Waals surface area (Å²) >= 11 is 0. The van der Waals surface area contributed by atoms with Gasteiger partial charge in [-0.1, -0.05) is 6.07 Å². The van der Waals surface area contributed by atoms with Crippen molar-refractivity contribution in [2.45, 2.75) is 12.6 Å². The Morgan fingerprint density at radius 2 is 1.40 bits per heavy atom. The number of rotatable bonds is 7. The quantitative estimate of drug-likeness (QED) is 0.332. The minimum Gasteiger partial charge on any atom is -0.374 e. The van der Waals surface area contributed by atoms with Crippen molar-refractivity contribution in [3.63, 3.8) is 0 Å². The van der Waals surface area contributed by atoms with E-state index in [1.54, 1.807) is 61.1 Å². The van der Waals surface area contributed by atoms with E-state index < -0.39 is 6.23 Å². The van der Waals surface area contributed by atoms with Gasteiger partial charge in [0.2, 0.25) is 0 Å². The van der Waals surface area contributed by atoms with E-state index in [1.165, 1.54) is 24.3 Å². The summed E-state index contributed by atoms with van der Waals surface area (Å²) in [4.78, 5) is 17.9. The SMILES string of the molecule is OC(NCCc1cnccn1)c1ccc2nc(-c3ccc(F)cc3)c(-c3ccc(F)cc3)nc2c1. The maximum absolute atomic E-state index is 13.6. The molecular formula is C27H21F2N5O. The molecule has 0 amide bonds. The molecule has 0 fully saturated rings. The van der Waals surface area contributed by atoms with E-state index in [2.05, 4.69) is 15.3 Å². The number of nitrogens with zero attached hydrogens (tertiary/aromatic N) is 4. The van der Waals surface area contributed by atoms with Gasteiger partial charge >= 0.3 is 0 Å². The molecule has 5 aromatic rings. The van der Waals surface area contributed by atoms with Gasteiger partial charge in [0.1, 0.15) is 17.9 Å². The average Bonchev–Trinajstić information content (AvgIpc) is 2.89. The highest BCUT2D eigenvalue weighted by molar-refractivity contribution is 5.86. The number of aromatic nitrogens is 4. The van der Waals surface area contributed by atoms with E-state index in [0.717, 1.165) is 5.69 Å². The molecule has 0 saturated heterocycles. The van der Waals surface area contributed by atoms with Gasteiger partial charge in [-0.3, -0.25) is 15.3 Å². The fourth-order valence-electron chi connectivity index (χ4n) is 3.77. The van der Waals surface area contributed by atoms with Gasteiger partial charge in [-0.05, 0) is 66.2 Å². The molecule has 2 N–H and O–H groups in total. The number of fused-ring (bicyclic) bond motifs is 1. The van der Waals surface area contributed by atoms with E-state index in [-0.39, 0.29) is 11.6 Å². The van der Waals surface area contributed by atoms with Crippen molar-refractivity contribution >= 4 is 11.0 Å². The Bertz CT molecular complexity index is 1450. The highest BCUT2D eigenvalue weighted by Crippen LogP contribution is 2.32. The molecule has 0 spiro atoms. The number of halogens is 2. The lowest BCUT2D eigenvalue weighted by molar-refractivity contribution is 0.140. The highest BCUT2D eigenvalue weighted by atomic mass is 19.1. The van der Waals surface area contributed by atoms with Gasteiger partial charge in [0.05, 0.1) is 28.1 Å². The van der Waals surface area contributed by atoms with Crippen molar-refractivity contribution in [3.8, 4) is 22.5 Å². The third-order valence-corrected chi connectivity index (χ3v) is 5.57. The Kier molecular flexibility index (Phi) is 6.47. The predicted octanol–water partition coefficient (Wildman–Crippen LogP) is 4.86. The van der Waals surface area contributed by atoms with Crippen LogP contribution >= 0.6 is 0 Å². The molecule has 0 bridgehead atoms. The largest absolute Gasteiger partial charge is 0.374 e. The van der Waals surface area contributed by atoms with Crippen LogP contribution in [-0.2, 0) is 6.42 Å². The first-order valence-electron chi connectivity index (χ1n) is 11.1. The summed E-state index contributed by atoms with van der Waals surface area (Å²) in [6.45, 7) is 0.508. The van der Waals surface area contributed by atoms with Gasteiger partial charge in [0.15, 0.2) is 0 Å². The van der Waals surface area contributed by atoms with Crippen molar-refractivity contribution in [2.75, 3.05) is 6.54 Å². The number of hydrogen-bond donors (Lipinski definition) is 2. The number of hydrogen-bond acceptors (Lipinski definition) is 6. The van der Waals surface area contributed by atoms with Crippen LogP contribution in [0.3, 0.4) is 0 Å². The van der Waals surface area contributed by atoms with E-state index in [0.29, 0.717) is 52.1 Å². The summed E-state index contributed by atoms with van der Waals surface area (Å²) in [5, 5.41) is 13.7. The normalized spacial score (nSPS) is 12.1. The first kappa shape index (κ1) is 22.6. The van der Waals surface area contributed by atoms with E-state index in [4.69, 9.17) is 9.97 Å². The van der Waals surface area contributed by atoms with Crippen molar-refractivity contribution in [2.24, 2.45) is 0 Å². The van der Waals surface area contributed by atoms with Gasteiger partial charge in [0, 0.05) is 42.7 Å². The molecule has 174 valence electrons. The van der Waals surface area contributed by atoms with Gasteiger partial charge in [-0.15, -0.1) is 0 Å². The molecule has 1 unspecified atom stereocenters. The van der Waals surface area contributed by atoms with Crippen LogP contribution in [-0.4, -0.2) is 31.6 Å². The third-order valence-electron chi connectivity index (χ3n) is 5.57. The van der Waals surface area contributed by atoms with Gasteiger partial charge in [-0.25, -0.2) is 18.7 Å². The Labute approximate surface area is 200 Å². The van der Waals surface area contributed by atoms with Crippen molar-refractivity contribution in [1.29, 1.82) is 0 Å². The van der Waals surface area contributed by atoms with Crippen LogP contribution in [0.1, 0.15) is 17.5 Å². The van der Waals surface area contributed by atoms with Crippen LogP contribution in [0.4, 0.5) is 8.78 Å². The molecule has 0 aliphatic carbocycles. The molecule has 0 aliphatic heterocycles. The lowest BCUT2D eigenvalue weighted by Crippen LogP contribution is -2.23. The molecule has 8 heteroatoms. The lowest BCUT2D eigenvalue weighted by atomic mass is 10.0. The Morgan fingerprint density at radius 3 is 2.00 bits per heavy atom. The summed E-state index contributed by atoms with van der Waals surface area (Å²) in [5.74, 6) is -0.708. The second-order valence-corrected chi connectivity index (χ2v) is 7.99. The maximum Gasteiger partial charge on any atom is 0.131 e. The van der Waals surface area contributed by atoms with Crippen LogP contribution in [0.5, 0.6) is 0 Å². The van der Waals surface area contributed by atoms with Crippen LogP contribution in [0.2, 0.25) is 0 Å². The van der Waals surface area contributed by atoms with E-state index in [1.807, 2.05) is 0 Å². The average molecular weight is 469 g/mol. The first-order chi connectivity index (χ1) is 17.1. The molecule has 5 rings (SSSR count). The van der Waals surface area contributed by atoms with Crippen LogP contribution in [0.15, 0.2) is 85.3 Å². The topological polar surface area (TPSA) is 83.8 Å². The second kappa shape index (κ2) is 10.0. The molecule has 0 saturated carbocycles. The molecular weight excluding hydrogens is 448 g/mol. The fourth-order valence-corrected chi connectivity index (χ4v) is 3.77. The Balaban J connectivity index is 1.48. The monoisotopic (exact) mass is 469 g/mol. The summed E-state index contributed by atoms with van der Waals surface area (Å²) in [6, 6.07) is 17.3. The summed E-state index contributed by atoms with van der Waals surface area (Å²) in [6.07, 6.45) is 4.64. The molecule has 6 nitrogen and oxygen atoms in total. The van der Waals surface area contributed by atoms with Crippen LogP contribution in [0, 0.1) is 11.6 Å². The van der Waals surface area contributed by atoms with E-state index in [9.17, 15) is 13.9 Å². The number of aliphatic hydroxyl groups excluding tert-OH is 1. The predicted molar refractivity (Wildman–Crippen MR) is 129 cm³/mol. The molecule has 2 aromatic heterocycles. The van der Waals surface area contributed by atoms with Crippen LogP contribution < -0.4 is 5.32 Å². The number of benzene rings is 3. The van der Waals surface area contributed by atoms with Crippen molar-refractivity contribution in [3.05, 3.63) is 108 Å². The molecule has 35 heavy (non-hydrogen) atoms. The number of nitrogens with one attached hydrogen (secondary N) is 1. The summed E-state index contributed by atoms with van der Waals surface area (Å²) in [7, 11) is 0. The standard InChI is InChI=1S/C27H21F2N5O/c28-20-6-1-17(2-7-20)25-26(18-3-8-21(29)9-4-18)34-24-15-19(5-10-23(24)33-25)27(35)32-12-11-22-16-30-13-14-31-22/h1-10,13-16,27,32,35H,11-12H2. The zero-order valence-corrected chi connectivity index (χ0v) is 18.6. The van der Waals surface area contributed by atoms with Crippen molar-refractivity contribution < 1.29 is 13.9 Å². The molecule has 1 atom stereocenters. The van der Waals surface area contributed by atoms with E-state index >= 15 is 0 Å². The maximum atomic E-state index is 13.6. The molecule has 0 radical (unpaired) electrons. The first-order valence-corrected chi connectivity index (χ1v) is 11.1. The smallest absolute Gasteiger partial charge is 0.131 e. The minimum absolute atomic E-state index is 0.351. The Morgan fingerprint density at radius 1 is 0.771 bits per heavy atom. The lowest BCUT2D eigenvalue weighted by Gasteiger charge is -2.15. The summed E-state index contributed by atoms with van der Waals surface area (Å²) < 4.78 is 27.1. The van der Waals surface area contributed by atoms with Crippen LogP contribution in [0.25, 0.3) is 33.5 Å². The summed E-state index contributed by atoms with van der Waals surface area (Å²) in [5.41, 5.74) is 5.10. The van der Waals surface area contributed by atoms with Gasteiger partial charge < -0.3 is 5.11 Å². The number of aliphatic hydroxyl groups is 1. The van der Waals surface area contributed by atoms with Gasteiger partial charge in [0.25, 0.3) is 0 Å². The fraction of sp³-hybridized carbons (Fsp3) is 0.111. The third kappa shape index (κ3) is 5.18. The molecule has 3 aromatic carbocycles. The zero-order valence-electron chi connectivity index (χ0n) is 18.6. The molecule has 2 heterocycles. The second-order valence-electron chi connectivity index (χ2n) is 7.99.